The van der Waals surface area contributed by atoms with E-state index in [4.69, 9.17) is 4.74 Å². The molecule has 6 nitrogen and oxygen atoms in total. The zero-order chi connectivity index (χ0) is 13.5. The Kier molecular flexibility index (Phi) is 5.35. The van der Waals surface area contributed by atoms with E-state index in [0.29, 0.717) is 24.8 Å². The summed E-state index contributed by atoms with van der Waals surface area (Å²) in [7, 11) is 1.56. The number of hydrogen-bond donors (Lipinski definition) is 2. The van der Waals surface area contributed by atoms with Crippen LogP contribution in [0, 0.1) is 6.92 Å². The van der Waals surface area contributed by atoms with Crippen LogP contribution in [0.3, 0.4) is 0 Å². The number of methoxy groups -OCH3 is 1. The smallest absolute Gasteiger partial charge is 0.226 e. The molecule has 1 aromatic heterocycles. The number of aromatic nitrogens is 2. The molecule has 0 aliphatic rings. The molecule has 100 valence electrons. The third kappa shape index (κ3) is 4.99. The van der Waals surface area contributed by atoms with Crippen molar-refractivity contribution in [2.45, 2.75) is 33.2 Å². The van der Waals surface area contributed by atoms with Gasteiger partial charge in [0.05, 0.1) is 7.11 Å². The molecule has 0 aliphatic heterocycles. The van der Waals surface area contributed by atoms with E-state index in [9.17, 15) is 4.79 Å². The lowest BCUT2D eigenvalue weighted by Gasteiger charge is -2.09. The van der Waals surface area contributed by atoms with Gasteiger partial charge in [0.15, 0.2) is 0 Å². The number of rotatable bonds is 6. The number of nitrogens with one attached hydrogen (secondary N) is 2. The van der Waals surface area contributed by atoms with Crippen molar-refractivity contribution in [2.24, 2.45) is 0 Å². The molecule has 0 bridgehead atoms. The summed E-state index contributed by atoms with van der Waals surface area (Å²) >= 11 is 0. The van der Waals surface area contributed by atoms with Gasteiger partial charge in [-0.15, -0.1) is 0 Å². The molecule has 6 heteroatoms. The second-order valence-electron chi connectivity index (χ2n) is 4.27. The molecule has 0 fully saturated rings. The lowest BCUT2D eigenvalue weighted by Crippen LogP contribution is -2.31. The quantitative estimate of drug-likeness (QED) is 0.793. The first kappa shape index (κ1) is 14.2. The number of nitrogens with zero attached hydrogens (tertiary/aromatic N) is 2. The van der Waals surface area contributed by atoms with Crippen LogP contribution in [0.5, 0.6) is 5.88 Å². The van der Waals surface area contributed by atoms with Gasteiger partial charge < -0.3 is 15.4 Å². The van der Waals surface area contributed by atoms with Crippen LogP contribution in [0.4, 0.5) is 5.95 Å². The monoisotopic (exact) mass is 252 g/mol. The lowest BCUT2D eigenvalue weighted by molar-refractivity contribution is -0.121. The molecule has 0 atom stereocenters. The van der Waals surface area contributed by atoms with Crippen LogP contribution in [0.25, 0.3) is 0 Å². The van der Waals surface area contributed by atoms with Gasteiger partial charge in [-0.05, 0) is 20.8 Å². The van der Waals surface area contributed by atoms with E-state index in [2.05, 4.69) is 20.6 Å². The largest absolute Gasteiger partial charge is 0.481 e. The number of carbonyl (C=O) groups excluding carboxylic acids is 1. The van der Waals surface area contributed by atoms with E-state index in [-0.39, 0.29) is 11.9 Å². The highest BCUT2D eigenvalue weighted by Crippen LogP contribution is 2.10. The molecule has 1 amide bonds. The van der Waals surface area contributed by atoms with Crippen molar-refractivity contribution in [1.29, 1.82) is 0 Å². The zero-order valence-electron chi connectivity index (χ0n) is 11.3. The minimum atomic E-state index is 0.0112. The highest BCUT2D eigenvalue weighted by Gasteiger charge is 2.05. The van der Waals surface area contributed by atoms with Crippen LogP contribution >= 0.6 is 0 Å². The summed E-state index contributed by atoms with van der Waals surface area (Å²) in [4.78, 5) is 19.8. The minimum absolute atomic E-state index is 0.0112. The Hall–Kier alpha value is -1.85. The first-order valence-corrected chi connectivity index (χ1v) is 5.94. The third-order valence-electron chi connectivity index (χ3n) is 2.12. The molecule has 1 heterocycles. The van der Waals surface area contributed by atoms with Crippen molar-refractivity contribution in [3.8, 4) is 5.88 Å². The normalized spacial score (nSPS) is 10.3. The summed E-state index contributed by atoms with van der Waals surface area (Å²) in [6, 6.07) is 1.91. The maximum Gasteiger partial charge on any atom is 0.226 e. The molecule has 18 heavy (non-hydrogen) atoms. The van der Waals surface area contributed by atoms with Crippen molar-refractivity contribution in [1.82, 2.24) is 15.3 Å². The van der Waals surface area contributed by atoms with E-state index in [1.807, 2.05) is 20.8 Å². The SMILES string of the molecule is COc1cc(C)nc(NCCC(=O)NC(C)C)n1. The van der Waals surface area contributed by atoms with Gasteiger partial charge in [0.25, 0.3) is 0 Å². The molecule has 1 rings (SSSR count). The van der Waals surface area contributed by atoms with E-state index in [0.717, 1.165) is 5.69 Å². The Morgan fingerprint density at radius 2 is 2.17 bits per heavy atom. The van der Waals surface area contributed by atoms with E-state index in [1.54, 1.807) is 13.2 Å². The Morgan fingerprint density at radius 3 is 2.78 bits per heavy atom. The number of hydrogen-bond acceptors (Lipinski definition) is 5. The summed E-state index contributed by atoms with van der Waals surface area (Å²) in [6.07, 6.45) is 0.387. The number of carbonyl (C=O) groups is 1. The van der Waals surface area contributed by atoms with Crippen molar-refractivity contribution in [3.05, 3.63) is 11.8 Å². The fourth-order valence-corrected chi connectivity index (χ4v) is 1.41. The molecule has 0 saturated carbocycles. The summed E-state index contributed by atoms with van der Waals surface area (Å²) < 4.78 is 5.05. The summed E-state index contributed by atoms with van der Waals surface area (Å²) in [5.74, 6) is 0.998. The molecule has 0 unspecified atom stereocenters. The second kappa shape index (κ2) is 6.78. The molecular formula is C12H20N4O2. The van der Waals surface area contributed by atoms with Gasteiger partial charge in [-0.3, -0.25) is 4.79 Å². The molecule has 0 spiro atoms. The fraction of sp³-hybridized carbons (Fsp3) is 0.583. The summed E-state index contributed by atoms with van der Waals surface area (Å²) in [6.45, 7) is 6.21. The minimum Gasteiger partial charge on any atom is -0.481 e. The molecular weight excluding hydrogens is 232 g/mol. The molecule has 1 aromatic rings. The number of aryl methyl sites for hydroxylation is 1. The van der Waals surface area contributed by atoms with Gasteiger partial charge in [0.2, 0.25) is 17.7 Å². The lowest BCUT2D eigenvalue weighted by atomic mass is 10.3. The van der Waals surface area contributed by atoms with Gasteiger partial charge >= 0.3 is 0 Å². The summed E-state index contributed by atoms with van der Waals surface area (Å²) in [5, 5.41) is 5.82. The fourth-order valence-electron chi connectivity index (χ4n) is 1.41. The summed E-state index contributed by atoms with van der Waals surface area (Å²) in [5.41, 5.74) is 0.816. The van der Waals surface area contributed by atoms with Gasteiger partial charge in [-0.2, -0.15) is 4.98 Å². The number of amides is 1. The average molecular weight is 252 g/mol. The van der Waals surface area contributed by atoms with Gasteiger partial charge in [-0.1, -0.05) is 0 Å². The second-order valence-corrected chi connectivity index (χ2v) is 4.27. The van der Waals surface area contributed by atoms with Crippen molar-refractivity contribution >= 4 is 11.9 Å². The highest BCUT2D eigenvalue weighted by atomic mass is 16.5. The first-order valence-electron chi connectivity index (χ1n) is 5.94. The van der Waals surface area contributed by atoms with Crippen LogP contribution < -0.4 is 15.4 Å². The molecule has 2 N–H and O–H groups in total. The molecule has 0 saturated heterocycles. The van der Waals surface area contributed by atoms with Gasteiger partial charge in [0.1, 0.15) is 0 Å². The number of anilines is 1. The van der Waals surface area contributed by atoms with Crippen molar-refractivity contribution in [2.75, 3.05) is 19.0 Å². The van der Waals surface area contributed by atoms with Crippen LogP contribution in [-0.4, -0.2) is 35.6 Å². The van der Waals surface area contributed by atoms with Gasteiger partial charge in [0, 0.05) is 30.8 Å². The Balaban J connectivity index is 2.44. The zero-order valence-corrected chi connectivity index (χ0v) is 11.3. The van der Waals surface area contributed by atoms with Crippen LogP contribution in [0.15, 0.2) is 6.07 Å². The molecule has 0 aromatic carbocycles. The van der Waals surface area contributed by atoms with Gasteiger partial charge in [-0.25, -0.2) is 4.98 Å². The van der Waals surface area contributed by atoms with E-state index in [1.165, 1.54) is 0 Å². The Bertz CT molecular complexity index is 407. The predicted molar refractivity (Wildman–Crippen MR) is 69.7 cm³/mol. The number of ether oxygens (including phenoxy) is 1. The topological polar surface area (TPSA) is 76.1 Å². The molecule has 0 aliphatic carbocycles. The van der Waals surface area contributed by atoms with E-state index < -0.39 is 0 Å². The van der Waals surface area contributed by atoms with Crippen LogP contribution in [0.1, 0.15) is 26.0 Å². The maximum absolute atomic E-state index is 11.4. The first-order chi connectivity index (χ1) is 8.51. The maximum atomic E-state index is 11.4. The average Bonchev–Trinajstić information content (AvgIpc) is 2.27. The molecule has 0 radical (unpaired) electrons. The Labute approximate surface area is 107 Å². The Morgan fingerprint density at radius 1 is 1.44 bits per heavy atom. The van der Waals surface area contributed by atoms with E-state index >= 15 is 0 Å². The van der Waals surface area contributed by atoms with Crippen molar-refractivity contribution in [3.63, 3.8) is 0 Å². The highest BCUT2D eigenvalue weighted by molar-refractivity contribution is 5.76. The van der Waals surface area contributed by atoms with Crippen molar-refractivity contribution < 1.29 is 9.53 Å². The third-order valence-corrected chi connectivity index (χ3v) is 2.12. The van der Waals surface area contributed by atoms with Crippen LogP contribution in [-0.2, 0) is 4.79 Å². The standard InChI is InChI=1S/C12H20N4O2/c1-8(2)14-10(17)5-6-13-12-15-9(3)7-11(16-12)18-4/h7-8H,5-6H2,1-4H3,(H,14,17)(H,13,15,16). The predicted octanol–water partition coefficient (Wildman–Crippen LogP) is 1.12. The van der Waals surface area contributed by atoms with Crippen LogP contribution in [0.2, 0.25) is 0 Å².